The second kappa shape index (κ2) is 5.65. The van der Waals surface area contributed by atoms with E-state index in [0.717, 1.165) is 26.0 Å². The summed E-state index contributed by atoms with van der Waals surface area (Å²) in [6.07, 6.45) is 3.69. The summed E-state index contributed by atoms with van der Waals surface area (Å²) >= 11 is 0. The smallest absolute Gasteiger partial charge is 0.223 e. The molecule has 94 valence electrons. The maximum Gasteiger partial charge on any atom is 0.223 e. The van der Waals surface area contributed by atoms with Gasteiger partial charge in [-0.3, -0.25) is 0 Å². The fraction of sp³-hybridized carbons (Fsp3) is 0.600. The van der Waals surface area contributed by atoms with Gasteiger partial charge < -0.3 is 21.2 Å². The van der Waals surface area contributed by atoms with Crippen molar-refractivity contribution >= 4 is 17.6 Å². The number of hydrogen-bond donors (Lipinski definition) is 4. The third-order valence-corrected chi connectivity index (χ3v) is 2.68. The molecule has 2 heterocycles. The van der Waals surface area contributed by atoms with E-state index in [4.69, 9.17) is 16.3 Å². The van der Waals surface area contributed by atoms with Crippen LogP contribution in [0.15, 0.2) is 6.07 Å². The summed E-state index contributed by atoms with van der Waals surface area (Å²) in [5, 5.41) is 3.18. The monoisotopic (exact) mass is 238 g/mol. The minimum atomic E-state index is 0.188. The Balaban J connectivity index is 1.91. The van der Waals surface area contributed by atoms with Crippen LogP contribution in [-0.2, 0) is 4.74 Å². The van der Waals surface area contributed by atoms with Crippen molar-refractivity contribution < 1.29 is 4.74 Å². The molecule has 0 amide bonds. The van der Waals surface area contributed by atoms with Crippen LogP contribution in [-0.4, -0.2) is 29.2 Å². The molecule has 0 spiro atoms. The molecule has 1 aromatic rings. The molecule has 7 heteroatoms. The van der Waals surface area contributed by atoms with Crippen molar-refractivity contribution in [3.8, 4) is 0 Å². The van der Waals surface area contributed by atoms with Crippen LogP contribution in [0.2, 0.25) is 0 Å². The van der Waals surface area contributed by atoms with Crippen LogP contribution in [0.1, 0.15) is 19.3 Å². The first-order valence-electron chi connectivity index (χ1n) is 5.74. The molecular weight excluding hydrogens is 220 g/mol. The van der Waals surface area contributed by atoms with E-state index in [1.807, 2.05) is 0 Å². The summed E-state index contributed by atoms with van der Waals surface area (Å²) in [5.74, 6) is 6.61. The van der Waals surface area contributed by atoms with Gasteiger partial charge in [-0.2, -0.15) is 9.97 Å². The Bertz CT molecular complexity index is 366. The SMILES string of the molecule is NNc1cc(NCC2CCCCO2)nc(N)n1. The lowest BCUT2D eigenvalue weighted by Crippen LogP contribution is -2.27. The first kappa shape index (κ1) is 11.9. The summed E-state index contributed by atoms with van der Waals surface area (Å²) in [5.41, 5.74) is 8.00. The molecule has 1 atom stereocenters. The number of ether oxygens (including phenoxy) is 1. The second-order valence-electron chi connectivity index (χ2n) is 4.01. The fourth-order valence-electron chi connectivity index (χ4n) is 1.82. The molecule has 1 saturated heterocycles. The van der Waals surface area contributed by atoms with Crippen LogP contribution in [0, 0.1) is 0 Å². The van der Waals surface area contributed by atoms with Gasteiger partial charge in [0.1, 0.15) is 11.6 Å². The van der Waals surface area contributed by atoms with E-state index in [2.05, 4.69) is 20.7 Å². The van der Waals surface area contributed by atoms with E-state index < -0.39 is 0 Å². The highest BCUT2D eigenvalue weighted by molar-refractivity contribution is 5.50. The lowest BCUT2D eigenvalue weighted by Gasteiger charge is -2.23. The van der Waals surface area contributed by atoms with E-state index in [1.54, 1.807) is 6.07 Å². The van der Waals surface area contributed by atoms with E-state index >= 15 is 0 Å². The number of anilines is 3. The van der Waals surface area contributed by atoms with Crippen LogP contribution in [0.25, 0.3) is 0 Å². The number of nitrogens with zero attached hydrogens (tertiary/aromatic N) is 2. The molecule has 1 fully saturated rings. The molecule has 0 saturated carbocycles. The maximum atomic E-state index is 5.61. The van der Waals surface area contributed by atoms with Crippen LogP contribution in [0.5, 0.6) is 0 Å². The van der Waals surface area contributed by atoms with Crippen LogP contribution in [0.3, 0.4) is 0 Å². The van der Waals surface area contributed by atoms with Crippen molar-refractivity contribution in [2.24, 2.45) is 5.84 Å². The molecule has 17 heavy (non-hydrogen) atoms. The zero-order valence-corrected chi connectivity index (χ0v) is 9.65. The number of hydrogen-bond acceptors (Lipinski definition) is 7. The van der Waals surface area contributed by atoms with E-state index in [1.165, 1.54) is 6.42 Å². The number of nitrogens with one attached hydrogen (secondary N) is 2. The Hall–Kier alpha value is -1.60. The molecule has 7 nitrogen and oxygen atoms in total. The first-order valence-corrected chi connectivity index (χ1v) is 5.74. The standard InChI is InChI=1S/C10H18N6O/c11-10-14-8(5-9(15-10)16-12)13-6-7-3-1-2-4-17-7/h5,7H,1-4,6,12H2,(H4,11,13,14,15,16). The Kier molecular flexibility index (Phi) is 3.94. The molecule has 0 radical (unpaired) electrons. The van der Waals surface area contributed by atoms with Crippen molar-refractivity contribution in [3.05, 3.63) is 6.07 Å². The second-order valence-corrected chi connectivity index (χ2v) is 4.01. The first-order chi connectivity index (χ1) is 8.28. The topological polar surface area (TPSA) is 111 Å². The maximum absolute atomic E-state index is 5.61. The number of rotatable bonds is 4. The van der Waals surface area contributed by atoms with Gasteiger partial charge in [0.05, 0.1) is 6.10 Å². The highest BCUT2D eigenvalue weighted by Gasteiger charge is 2.13. The average molecular weight is 238 g/mol. The molecule has 0 bridgehead atoms. The lowest BCUT2D eigenvalue weighted by molar-refractivity contribution is 0.0247. The third-order valence-electron chi connectivity index (χ3n) is 2.68. The molecule has 1 aromatic heterocycles. The van der Waals surface area contributed by atoms with Gasteiger partial charge in [-0.25, -0.2) is 5.84 Å². The molecule has 2 rings (SSSR count). The molecule has 1 unspecified atom stereocenters. The summed E-state index contributed by atoms with van der Waals surface area (Å²) in [6.45, 7) is 1.56. The van der Waals surface area contributed by atoms with Crippen molar-refractivity contribution in [1.29, 1.82) is 0 Å². The highest BCUT2D eigenvalue weighted by atomic mass is 16.5. The number of aromatic nitrogens is 2. The molecule has 1 aliphatic rings. The largest absolute Gasteiger partial charge is 0.376 e. The quantitative estimate of drug-likeness (QED) is 0.441. The summed E-state index contributed by atoms with van der Waals surface area (Å²) in [6, 6.07) is 1.71. The lowest BCUT2D eigenvalue weighted by atomic mass is 10.1. The van der Waals surface area contributed by atoms with Gasteiger partial charge in [0.25, 0.3) is 0 Å². The van der Waals surface area contributed by atoms with Gasteiger partial charge in [0.15, 0.2) is 0 Å². The number of hydrazine groups is 1. The van der Waals surface area contributed by atoms with Crippen molar-refractivity contribution in [1.82, 2.24) is 9.97 Å². The Morgan fingerprint density at radius 1 is 1.35 bits per heavy atom. The Morgan fingerprint density at radius 3 is 2.88 bits per heavy atom. The molecule has 6 N–H and O–H groups in total. The zero-order chi connectivity index (χ0) is 12.1. The fourth-order valence-corrected chi connectivity index (χ4v) is 1.82. The van der Waals surface area contributed by atoms with Gasteiger partial charge >= 0.3 is 0 Å². The van der Waals surface area contributed by atoms with Crippen molar-refractivity contribution in [2.75, 3.05) is 29.6 Å². The zero-order valence-electron chi connectivity index (χ0n) is 9.65. The average Bonchev–Trinajstić information content (AvgIpc) is 2.37. The molecule has 0 aromatic carbocycles. The van der Waals surface area contributed by atoms with Gasteiger partial charge in [-0.1, -0.05) is 0 Å². The molecular formula is C10H18N6O. The highest BCUT2D eigenvalue weighted by Crippen LogP contribution is 2.15. The van der Waals surface area contributed by atoms with E-state index in [9.17, 15) is 0 Å². The van der Waals surface area contributed by atoms with Gasteiger partial charge in [-0.15, -0.1) is 0 Å². The van der Waals surface area contributed by atoms with Gasteiger partial charge in [-0.05, 0) is 19.3 Å². The summed E-state index contributed by atoms with van der Waals surface area (Å²) in [7, 11) is 0. The van der Waals surface area contributed by atoms with Gasteiger partial charge in [0.2, 0.25) is 5.95 Å². The third kappa shape index (κ3) is 3.43. The summed E-state index contributed by atoms with van der Waals surface area (Å²) < 4.78 is 5.61. The van der Waals surface area contributed by atoms with Crippen LogP contribution in [0.4, 0.5) is 17.6 Å². The van der Waals surface area contributed by atoms with Gasteiger partial charge in [0, 0.05) is 19.2 Å². The minimum Gasteiger partial charge on any atom is -0.376 e. The minimum absolute atomic E-state index is 0.188. The van der Waals surface area contributed by atoms with E-state index in [0.29, 0.717) is 11.6 Å². The number of nitrogen functional groups attached to an aromatic ring is 2. The van der Waals surface area contributed by atoms with E-state index in [-0.39, 0.29) is 12.1 Å². The van der Waals surface area contributed by atoms with Crippen LogP contribution >= 0.6 is 0 Å². The Labute approximate surface area is 99.9 Å². The number of nitrogens with two attached hydrogens (primary N) is 2. The predicted molar refractivity (Wildman–Crippen MR) is 66.3 cm³/mol. The predicted octanol–water partition coefficient (Wildman–Crippen LogP) is 0.325. The Morgan fingerprint density at radius 2 is 2.18 bits per heavy atom. The molecule has 1 aliphatic heterocycles. The summed E-state index contributed by atoms with van der Waals surface area (Å²) in [4.78, 5) is 7.98. The normalized spacial score (nSPS) is 19.9. The molecule has 0 aliphatic carbocycles. The van der Waals surface area contributed by atoms with Crippen molar-refractivity contribution in [2.45, 2.75) is 25.4 Å². The van der Waals surface area contributed by atoms with Crippen molar-refractivity contribution in [3.63, 3.8) is 0 Å². The van der Waals surface area contributed by atoms with Crippen LogP contribution < -0.4 is 22.3 Å².